The van der Waals surface area contributed by atoms with Crippen LogP contribution in [-0.2, 0) is 11.3 Å². The van der Waals surface area contributed by atoms with Crippen molar-refractivity contribution in [3.63, 3.8) is 0 Å². The summed E-state index contributed by atoms with van der Waals surface area (Å²) in [6, 6.07) is 12.7. The molecule has 2 N–H and O–H groups in total. The lowest BCUT2D eigenvalue weighted by Gasteiger charge is -2.04. The van der Waals surface area contributed by atoms with Crippen LogP contribution in [0.1, 0.15) is 30.3 Å². The van der Waals surface area contributed by atoms with Gasteiger partial charge < -0.3 is 9.73 Å². The second-order valence-electron chi connectivity index (χ2n) is 6.37. The van der Waals surface area contributed by atoms with Crippen LogP contribution in [0.2, 0.25) is 0 Å². The Bertz CT molecular complexity index is 951. The molecule has 0 unspecified atom stereocenters. The molecule has 3 aromatic rings. The molecule has 3 amide bonds. The molecule has 1 aromatic carbocycles. The summed E-state index contributed by atoms with van der Waals surface area (Å²) in [7, 11) is 0. The van der Waals surface area contributed by atoms with Gasteiger partial charge in [-0.25, -0.2) is 14.5 Å². The molecule has 0 atom stereocenters. The van der Waals surface area contributed by atoms with Gasteiger partial charge in [-0.3, -0.25) is 10.1 Å². The standard InChI is InChI=1S/C19H19N5O3S/c25-16(21-18(26)20-11-15-7-4-10-27-15)12-28-19-22-17(13-8-9-13)24(23-19)14-5-2-1-3-6-14/h1-7,10,13H,8-9,11-12H2,(H2,20,21,25,26). The maximum Gasteiger partial charge on any atom is 0.321 e. The van der Waals surface area contributed by atoms with Crippen molar-refractivity contribution < 1.29 is 14.0 Å². The zero-order valence-electron chi connectivity index (χ0n) is 15.0. The number of furan rings is 1. The third-order valence-electron chi connectivity index (χ3n) is 4.14. The van der Waals surface area contributed by atoms with Crippen LogP contribution in [0.5, 0.6) is 0 Å². The first-order chi connectivity index (χ1) is 13.7. The van der Waals surface area contributed by atoms with E-state index in [0.29, 0.717) is 16.8 Å². The number of carbonyl (C=O) groups excluding carboxylic acids is 2. The molecular weight excluding hydrogens is 378 g/mol. The molecule has 4 rings (SSSR count). The lowest BCUT2D eigenvalue weighted by molar-refractivity contribution is -0.117. The molecule has 1 aliphatic carbocycles. The summed E-state index contributed by atoms with van der Waals surface area (Å²) in [5.74, 6) is 1.59. The Balaban J connectivity index is 1.32. The lowest BCUT2D eigenvalue weighted by Crippen LogP contribution is -2.39. The summed E-state index contributed by atoms with van der Waals surface area (Å²) < 4.78 is 6.96. The van der Waals surface area contributed by atoms with Crippen molar-refractivity contribution in [1.29, 1.82) is 0 Å². The van der Waals surface area contributed by atoms with Crippen LogP contribution in [0.25, 0.3) is 5.69 Å². The van der Waals surface area contributed by atoms with Crippen molar-refractivity contribution in [1.82, 2.24) is 25.4 Å². The minimum atomic E-state index is -0.566. The fraction of sp³-hybridized carbons (Fsp3) is 0.263. The smallest absolute Gasteiger partial charge is 0.321 e. The highest BCUT2D eigenvalue weighted by atomic mass is 32.2. The van der Waals surface area contributed by atoms with Crippen LogP contribution in [0.3, 0.4) is 0 Å². The Kier molecular flexibility index (Phi) is 5.43. The van der Waals surface area contributed by atoms with Crippen molar-refractivity contribution in [2.45, 2.75) is 30.5 Å². The van der Waals surface area contributed by atoms with Crippen molar-refractivity contribution in [2.24, 2.45) is 0 Å². The molecule has 144 valence electrons. The third kappa shape index (κ3) is 4.61. The van der Waals surface area contributed by atoms with Gasteiger partial charge in [0, 0.05) is 5.92 Å². The Morgan fingerprint density at radius 1 is 1.18 bits per heavy atom. The molecule has 0 radical (unpaired) electrons. The molecule has 0 bridgehead atoms. The molecule has 1 aliphatic rings. The largest absolute Gasteiger partial charge is 0.467 e. The zero-order chi connectivity index (χ0) is 19.3. The maximum atomic E-state index is 12.0. The lowest BCUT2D eigenvalue weighted by atomic mass is 10.3. The highest BCUT2D eigenvalue weighted by Crippen LogP contribution is 2.40. The minimum absolute atomic E-state index is 0.0527. The third-order valence-corrected chi connectivity index (χ3v) is 4.98. The normalized spacial score (nSPS) is 13.3. The van der Waals surface area contributed by atoms with Crippen molar-refractivity contribution in [3.8, 4) is 5.69 Å². The topological polar surface area (TPSA) is 102 Å². The summed E-state index contributed by atoms with van der Waals surface area (Å²) in [4.78, 5) is 28.4. The molecule has 9 heteroatoms. The number of para-hydroxylation sites is 1. The Hall–Kier alpha value is -3.07. The second-order valence-corrected chi connectivity index (χ2v) is 7.32. The van der Waals surface area contributed by atoms with Gasteiger partial charge in [-0.2, -0.15) is 0 Å². The highest BCUT2D eigenvalue weighted by Gasteiger charge is 2.30. The van der Waals surface area contributed by atoms with Crippen LogP contribution in [0, 0.1) is 0 Å². The highest BCUT2D eigenvalue weighted by molar-refractivity contribution is 7.99. The van der Waals surface area contributed by atoms with Crippen molar-refractivity contribution in [2.75, 3.05) is 5.75 Å². The molecule has 0 spiro atoms. The van der Waals surface area contributed by atoms with Crippen LogP contribution in [0.15, 0.2) is 58.3 Å². The first-order valence-electron chi connectivity index (χ1n) is 8.94. The quantitative estimate of drug-likeness (QED) is 0.595. The number of nitrogens with zero attached hydrogens (tertiary/aromatic N) is 3. The summed E-state index contributed by atoms with van der Waals surface area (Å²) in [6.45, 7) is 0.215. The maximum absolute atomic E-state index is 12.0. The number of thioether (sulfide) groups is 1. The number of amides is 3. The number of carbonyl (C=O) groups is 2. The van der Waals surface area contributed by atoms with Gasteiger partial charge in [0.05, 0.1) is 24.2 Å². The first-order valence-corrected chi connectivity index (χ1v) is 9.93. The number of nitrogens with one attached hydrogen (secondary N) is 2. The van der Waals surface area contributed by atoms with Gasteiger partial charge in [0.25, 0.3) is 0 Å². The van der Waals surface area contributed by atoms with Gasteiger partial charge in [0.15, 0.2) is 0 Å². The number of rotatable bonds is 7. The van der Waals surface area contributed by atoms with Crippen LogP contribution >= 0.6 is 11.8 Å². The molecule has 1 saturated carbocycles. The van der Waals surface area contributed by atoms with Crippen LogP contribution in [-0.4, -0.2) is 32.5 Å². The molecule has 2 aromatic heterocycles. The number of imide groups is 1. The van der Waals surface area contributed by atoms with E-state index in [1.807, 2.05) is 35.0 Å². The summed E-state index contributed by atoms with van der Waals surface area (Å²) in [5.41, 5.74) is 0.950. The van der Waals surface area contributed by atoms with Crippen molar-refractivity contribution in [3.05, 3.63) is 60.3 Å². The van der Waals surface area contributed by atoms with E-state index >= 15 is 0 Å². The zero-order valence-corrected chi connectivity index (χ0v) is 15.8. The summed E-state index contributed by atoms with van der Waals surface area (Å²) in [5, 5.41) is 9.91. The van der Waals surface area contributed by atoms with E-state index in [4.69, 9.17) is 4.42 Å². The van der Waals surface area contributed by atoms with E-state index in [1.54, 1.807) is 12.1 Å². The van der Waals surface area contributed by atoms with E-state index < -0.39 is 11.9 Å². The second kappa shape index (κ2) is 8.30. The predicted octanol–water partition coefficient (Wildman–Crippen LogP) is 2.86. The molecule has 28 heavy (non-hydrogen) atoms. The van der Waals surface area contributed by atoms with Gasteiger partial charge >= 0.3 is 6.03 Å². The van der Waals surface area contributed by atoms with Gasteiger partial charge in [-0.05, 0) is 37.1 Å². The summed E-state index contributed by atoms with van der Waals surface area (Å²) >= 11 is 1.21. The SMILES string of the molecule is O=C(CSc1nc(C2CC2)n(-c2ccccc2)n1)NC(=O)NCc1ccco1. The first kappa shape index (κ1) is 18.3. The molecule has 0 aliphatic heterocycles. The Morgan fingerprint density at radius 3 is 2.71 bits per heavy atom. The monoisotopic (exact) mass is 397 g/mol. The minimum Gasteiger partial charge on any atom is -0.467 e. The predicted molar refractivity (Wildman–Crippen MR) is 103 cm³/mol. The van der Waals surface area contributed by atoms with Crippen LogP contribution in [0.4, 0.5) is 4.79 Å². The number of benzene rings is 1. The molecule has 0 saturated heterocycles. The summed E-state index contributed by atoms with van der Waals surface area (Å²) in [6.07, 6.45) is 3.73. The Morgan fingerprint density at radius 2 is 2.00 bits per heavy atom. The molecule has 8 nitrogen and oxygen atoms in total. The van der Waals surface area contributed by atoms with Crippen LogP contribution < -0.4 is 10.6 Å². The van der Waals surface area contributed by atoms with E-state index in [-0.39, 0.29) is 12.3 Å². The van der Waals surface area contributed by atoms with Crippen molar-refractivity contribution >= 4 is 23.7 Å². The number of urea groups is 1. The van der Waals surface area contributed by atoms with Gasteiger partial charge in [0.2, 0.25) is 11.1 Å². The van der Waals surface area contributed by atoms with E-state index in [9.17, 15) is 9.59 Å². The fourth-order valence-corrected chi connectivity index (χ4v) is 3.28. The molecule has 2 heterocycles. The van der Waals surface area contributed by atoms with Gasteiger partial charge in [-0.15, -0.1) is 5.10 Å². The number of aromatic nitrogens is 3. The average molecular weight is 397 g/mol. The molecular formula is C19H19N5O3S. The van der Waals surface area contributed by atoms with Gasteiger partial charge in [0.1, 0.15) is 11.6 Å². The Labute approximate surface area is 165 Å². The van der Waals surface area contributed by atoms with E-state index in [1.165, 1.54) is 18.0 Å². The number of hydrogen-bond donors (Lipinski definition) is 2. The molecule has 1 fully saturated rings. The number of hydrogen-bond acceptors (Lipinski definition) is 6. The average Bonchev–Trinajstić information content (AvgIpc) is 3.25. The fourth-order valence-electron chi connectivity index (χ4n) is 2.65. The van der Waals surface area contributed by atoms with E-state index in [0.717, 1.165) is 24.4 Å². The van der Waals surface area contributed by atoms with Gasteiger partial charge in [-0.1, -0.05) is 30.0 Å². The van der Waals surface area contributed by atoms with E-state index in [2.05, 4.69) is 20.7 Å².